The first-order chi connectivity index (χ1) is 15.9. The predicted molar refractivity (Wildman–Crippen MR) is 125 cm³/mol. The van der Waals surface area contributed by atoms with Gasteiger partial charge in [-0.25, -0.2) is 17.8 Å². The molecule has 2 aromatic heterocycles. The average Bonchev–Trinajstić information content (AvgIpc) is 3.27. The summed E-state index contributed by atoms with van der Waals surface area (Å²) in [6, 6.07) is 16.5. The van der Waals surface area contributed by atoms with Crippen molar-refractivity contribution >= 4 is 20.9 Å². The SMILES string of the molecule is Cc1ccc(S(=O)(=O)N2CCN(Cn3ncc4cn(-c5ccccc5)nc4c3=O)CC2)cc1. The summed E-state index contributed by atoms with van der Waals surface area (Å²) in [5.41, 5.74) is 1.97. The zero-order chi connectivity index (χ0) is 23.0. The Labute approximate surface area is 191 Å². The number of rotatable bonds is 5. The van der Waals surface area contributed by atoms with Gasteiger partial charge in [0.15, 0.2) is 5.52 Å². The maximum atomic E-state index is 13.0. The fourth-order valence-electron chi connectivity index (χ4n) is 3.93. The molecule has 9 nitrogen and oxygen atoms in total. The standard InChI is InChI=1S/C23H24N6O3S/c1-18-7-9-21(10-8-18)33(31,32)27-13-11-26(12-14-27)17-29-23(30)22-19(15-24-29)16-28(25-22)20-5-3-2-4-6-20/h2-10,15-16H,11-14,17H2,1H3. The number of nitrogens with zero attached hydrogens (tertiary/aromatic N) is 6. The van der Waals surface area contributed by atoms with Gasteiger partial charge in [0.1, 0.15) is 0 Å². The van der Waals surface area contributed by atoms with Crippen LogP contribution >= 0.6 is 0 Å². The molecule has 5 rings (SSSR count). The predicted octanol–water partition coefficient (Wildman–Crippen LogP) is 1.85. The average molecular weight is 465 g/mol. The second-order valence-corrected chi connectivity index (χ2v) is 10.1. The number of benzene rings is 2. The van der Waals surface area contributed by atoms with Crippen LogP contribution in [0.2, 0.25) is 0 Å². The minimum absolute atomic E-state index is 0.267. The zero-order valence-corrected chi connectivity index (χ0v) is 19.0. The van der Waals surface area contributed by atoms with Gasteiger partial charge in [0.05, 0.1) is 23.4 Å². The molecule has 10 heteroatoms. The third-order valence-corrected chi connectivity index (χ3v) is 7.77. The van der Waals surface area contributed by atoms with Crippen LogP contribution in [0.1, 0.15) is 5.56 Å². The van der Waals surface area contributed by atoms with E-state index in [9.17, 15) is 13.2 Å². The minimum atomic E-state index is -3.53. The van der Waals surface area contributed by atoms with Gasteiger partial charge in [-0.15, -0.1) is 0 Å². The van der Waals surface area contributed by atoms with E-state index < -0.39 is 10.0 Å². The van der Waals surface area contributed by atoms with Crippen LogP contribution in [-0.4, -0.2) is 63.4 Å². The molecule has 0 unspecified atom stereocenters. The summed E-state index contributed by atoms with van der Waals surface area (Å²) in [5.74, 6) is 0. The van der Waals surface area contributed by atoms with Crippen molar-refractivity contribution in [3.8, 4) is 5.69 Å². The lowest BCUT2D eigenvalue weighted by molar-refractivity contribution is 0.143. The largest absolute Gasteiger partial charge is 0.296 e. The van der Waals surface area contributed by atoms with E-state index >= 15 is 0 Å². The van der Waals surface area contributed by atoms with Crippen molar-refractivity contribution in [3.63, 3.8) is 0 Å². The number of aryl methyl sites for hydroxylation is 1. The number of sulfonamides is 1. The first kappa shape index (κ1) is 21.5. The highest BCUT2D eigenvalue weighted by Gasteiger charge is 2.28. The Morgan fingerprint density at radius 3 is 2.33 bits per heavy atom. The number of aromatic nitrogens is 4. The highest BCUT2D eigenvalue weighted by molar-refractivity contribution is 7.89. The van der Waals surface area contributed by atoms with E-state index in [4.69, 9.17) is 0 Å². The van der Waals surface area contributed by atoms with Crippen LogP contribution in [-0.2, 0) is 16.7 Å². The Kier molecular flexibility index (Phi) is 5.57. The Balaban J connectivity index is 1.30. The number of hydrogen-bond acceptors (Lipinski definition) is 6. The first-order valence-corrected chi connectivity index (χ1v) is 12.2. The Hall–Kier alpha value is -3.34. The number of hydrogen-bond donors (Lipinski definition) is 0. The fraction of sp³-hybridized carbons (Fsp3) is 0.261. The van der Waals surface area contributed by atoms with Gasteiger partial charge < -0.3 is 0 Å². The molecule has 0 aliphatic carbocycles. The fourth-order valence-corrected chi connectivity index (χ4v) is 5.35. The van der Waals surface area contributed by atoms with Crippen LogP contribution in [0, 0.1) is 6.92 Å². The summed E-state index contributed by atoms with van der Waals surface area (Å²) < 4.78 is 30.4. The van der Waals surface area contributed by atoms with Gasteiger partial charge in [-0.05, 0) is 31.2 Å². The molecule has 0 amide bonds. The van der Waals surface area contributed by atoms with Gasteiger partial charge in [-0.1, -0.05) is 35.9 Å². The molecule has 0 atom stereocenters. The van der Waals surface area contributed by atoms with Crippen LogP contribution in [0.3, 0.4) is 0 Å². The summed E-state index contributed by atoms with van der Waals surface area (Å²) in [6.07, 6.45) is 3.43. The second-order valence-electron chi connectivity index (χ2n) is 8.14. The van der Waals surface area contributed by atoms with Crippen LogP contribution < -0.4 is 5.56 Å². The minimum Gasteiger partial charge on any atom is -0.282 e. The highest BCUT2D eigenvalue weighted by Crippen LogP contribution is 2.18. The van der Waals surface area contributed by atoms with Gasteiger partial charge in [-0.3, -0.25) is 9.69 Å². The molecule has 2 aromatic carbocycles. The van der Waals surface area contributed by atoms with Gasteiger partial charge in [-0.2, -0.15) is 14.5 Å². The monoisotopic (exact) mass is 464 g/mol. The molecule has 1 fully saturated rings. The summed E-state index contributed by atoms with van der Waals surface area (Å²) in [4.78, 5) is 15.3. The molecule has 1 aliphatic heterocycles. The third-order valence-electron chi connectivity index (χ3n) is 5.86. The van der Waals surface area contributed by atoms with Crippen molar-refractivity contribution in [1.82, 2.24) is 28.8 Å². The summed E-state index contributed by atoms with van der Waals surface area (Å²) in [6.45, 7) is 3.94. The van der Waals surface area contributed by atoms with E-state index in [1.165, 1.54) is 8.99 Å². The van der Waals surface area contributed by atoms with Crippen molar-refractivity contribution in [3.05, 3.63) is 82.9 Å². The quantitative estimate of drug-likeness (QED) is 0.448. The highest BCUT2D eigenvalue weighted by atomic mass is 32.2. The molecule has 1 aliphatic rings. The van der Waals surface area contributed by atoms with Crippen molar-refractivity contribution in [2.45, 2.75) is 18.5 Å². The van der Waals surface area contributed by atoms with Crippen molar-refractivity contribution < 1.29 is 8.42 Å². The summed E-state index contributed by atoms with van der Waals surface area (Å²) >= 11 is 0. The smallest absolute Gasteiger partial charge is 0.282 e. The molecule has 4 aromatic rings. The van der Waals surface area contributed by atoms with E-state index in [2.05, 4.69) is 10.2 Å². The Bertz CT molecular complexity index is 1440. The van der Waals surface area contributed by atoms with Crippen molar-refractivity contribution in [2.24, 2.45) is 0 Å². The van der Waals surface area contributed by atoms with Crippen LogP contribution in [0.15, 0.2) is 76.7 Å². The molecule has 0 spiro atoms. The molecule has 0 N–H and O–H groups in total. The van der Waals surface area contributed by atoms with Crippen LogP contribution in [0.5, 0.6) is 0 Å². The van der Waals surface area contributed by atoms with Gasteiger partial charge >= 0.3 is 0 Å². The first-order valence-electron chi connectivity index (χ1n) is 10.7. The lowest BCUT2D eigenvalue weighted by Gasteiger charge is -2.33. The zero-order valence-electron chi connectivity index (χ0n) is 18.2. The number of para-hydroxylation sites is 1. The topological polar surface area (TPSA) is 93.3 Å². The molecule has 0 saturated carbocycles. The number of piperazine rings is 1. The molecular formula is C23H24N6O3S. The summed E-state index contributed by atoms with van der Waals surface area (Å²) in [7, 11) is -3.53. The molecule has 1 saturated heterocycles. The van der Waals surface area contributed by atoms with Gasteiger partial charge in [0.2, 0.25) is 10.0 Å². The maximum absolute atomic E-state index is 13.0. The van der Waals surface area contributed by atoms with Crippen molar-refractivity contribution in [2.75, 3.05) is 26.2 Å². The van der Waals surface area contributed by atoms with E-state index in [1.807, 2.05) is 42.2 Å². The lowest BCUT2D eigenvalue weighted by atomic mass is 10.2. The molecular weight excluding hydrogens is 440 g/mol. The van der Waals surface area contributed by atoms with Gasteiger partial charge in [0.25, 0.3) is 5.56 Å². The maximum Gasteiger partial charge on any atom is 0.296 e. The normalized spacial score (nSPS) is 15.8. The third kappa shape index (κ3) is 4.20. The number of fused-ring (bicyclic) bond motifs is 1. The lowest BCUT2D eigenvalue weighted by Crippen LogP contribution is -2.49. The molecule has 0 radical (unpaired) electrons. The molecule has 0 bridgehead atoms. The van der Waals surface area contributed by atoms with E-state index in [-0.39, 0.29) is 12.2 Å². The molecule has 3 heterocycles. The summed E-state index contributed by atoms with van der Waals surface area (Å²) in [5, 5.41) is 9.44. The van der Waals surface area contributed by atoms with Crippen LogP contribution in [0.4, 0.5) is 0 Å². The van der Waals surface area contributed by atoms with Crippen molar-refractivity contribution in [1.29, 1.82) is 0 Å². The second kappa shape index (κ2) is 8.54. The van der Waals surface area contributed by atoms with E-state index in [1.54, 1.807) is 41.3 Å². The molecule has 170 valence electrons. The van der Waals surface area contributed by atoms with Crippen LogP contribution in [0.25, 0.3) is 16.6 Å². The van der Waals surface area contributed by atoms with Gasteiger partial charge in [0, 0.05) is 37.8 Å². The molecule has 33 heavy (non-hydrogen) atoms. The Morgan fingerprint density at radius 2 is 1.64 bits per heavy atom. The Morgan fingerprint density at radius 1 is 0.939 bits per heavy atom. The van der Waals surface area contributed by atoms with E-state index in [0.717, 1.165) is 11.3 Å². The van der Waals surface area contributed by atoms with E-state index in [0.29, 0.717) is 42.0 Å².